The monoisotopic (exact) mass is 459 g/mol. The summed E-state index contributed by atoms with van der Waals surface area (Å²) in [6, 6.07) is 8.62. The Morgan fingerprint density at radius 3 is 2.48 bits per heavy atom. The van der Waals surface area contributed by atoms with Crippen molar-refractivity contribution in [2.45, 2.75) is 76.5 Å². The molecule has 0 spiro atoms. The first-order valence-electron chi connectivity index (χ1n) is 12.0. The summed E-state index contributed by atoms with van der Waals surface area (Å²) in [5.41, 5.74) is 0.580. The average Bonchev–Trinajstić information content (AvgIpc) is 3.15. The Morgan fingerprint density at radius 1 is 1.21 bits per heavy atom. The summed E-state index contributed by atoms with van der Waals surface area (Å²) in [5.74, 6) is -0.479. The lowest BCUT2D eigenvalue weighted by Crippen LogP contribution is -2.54. The molecule has 1 aliphatic heterocycles. The van der Waals surface area contributed by atoms with Crippen molar-refractivity contribution in [2.75, 3.05) is 13.2 Å². The molecule has 2 aliphatic rings. The fourth-order valence-electron chi connectivity index (χ4n) is 4.62. The van der Waals surface area contributed by atoms with Crippen LogP contribution in [0.25, 0.3) is 0 Å². The van der Waals surface area contributed by atoms with Crippen LogP contribution < -0.4 is 16.0 Å². The molecular weight excluding hydrogens is 422 g/mol. The van der Waals surface area contributed by atoms with Crippen molar-refractivity contribution in [1.29, 1.82) is 0 Å². The molecule has 182 valence electrons. The Bertz CT molecular complexity index is 810. The quantitative estimate of drug-likeness (QED) is 0.405. The van der Waals surface area contributed by atoms with E-state index in [-0.39, 0.29) is 30.3 Å². The first-order valence-corrected chi connectivity index (χ1v) is 12.0. The number of nitrogens with one attached hydrogen (secondary N) is 3. The largest absolute Gasteiger partial charge is 0.443 e. The summed E-state index contributed by atoms with van der Waals surface area (Å²) in [6.45, 7) is 4.29. The van der Waals surface area contributed by atoms with Crippen LogP contribution in [-0.2, 0) is 20.7 Å². The first kappa shape index (κ1) is 25.0. The zero-order chi connectivity index (χ0) is 23.8. The van der Waals surface area contributed by atoms with Crippen LogP contribution in [0, 0.1) is 11.8 Å². The van der Waals surface area contributed by atoms with Crippen molar-refractivity contribution in [3.63, 3.8) is 0 Å². The van der Waals surface area contributed by atoms with E-state index in [1.807, 2.05) is 44.2 Å². The zero-order valence-electron chi connectivity index (χ0n) is 19.6. The fourth-order valence-corrected chi connectivity index (χ4v) is 4.62. The van der Waals surface area contributed by atoms with Crippen molar-refractivity contribution < 1.29 is 24.2 Å². The summed E-state index contributed by atoms with van der Waals surface area (Å²) >= 11 is 0. The lowest BCUT2D eigenvalue weighted by molar-refractivity contribution is -0.126. The number of benzene rings is 1. The molecule has 1 saturated heterocycles. The van der Waals surface area contributed by atoms with Crippen molar-refractivity contribution in [3.8, 4) is 0 Å². The molecule has 1 aliphatic carbocycles. The molecule has 0 bridgehead atoms. The maximum atomic E-state index is 13.0. The summed E-state index contributed by atoms with van der Waals surface area (Å²) < 4.78 is 5.86. The molecule has 33 heavy (non-hydrogen) atoms. The Kier molecular flexibility index (Phi) is 8.72. The highest BCUT2D eigenvalue weighted by Crippen LogP contribution is 2.38. The Hall–Kier alpha value is -2.61. The van der Waals surface area contributed by atoms with Gasteiger partial charge >= 0.3 is 6.09 Å². The second-order valence-corrected chi connectivity index (χ2v) is 9.82. The third-order valence-electron chi connectivity index (χ3n) is 6.56. The Morgan fingerprint density at radius 2 is 1.94 bits per heavy atom. The van der Waals surface area contributed by atoms with E-state index >= 15 is 0 Å². The molecule has 1 aromatic rings. The van der Waals surface area contributed by atoms with E-state index in [0.29, 0.717) is 32.2 Å². The molecule has 3 atom stereocenters. The van der Waals surface area contributed by atoms with Gasteiger partial charge in [-0.1, -0.05) is 44.2 Å². The van der Waals surface area contributed by atoms with Gasteiger partial charge < -0.3 is 25.8 Å². The van der Waals surface area contributed by atoms with Crippen LogP contribution in [0.2, 0.25) is 0 Å². The number of ether oxygens (including phenoxy) is 1. The van der Waals surface area contributed by atoms with Gasteiger partial charge in [0.25, 0.3) is 0 Å². The molecule has 1 aromatic carbocycles. The minimum absolute atomic E-state index is 0.0488. The first-order chi connectivity index (χ1) is 15.8. The predicted molar refractivity (Wildman–Crippen MR) is 124 cm³/mol. The summed E-state index contributed by atoms with van der Waals surface area (Å²) in [7, 11) is 0. The number of hydrogen-bond acceptors (Lipinski definition) is 5. The standard InChI is InChI=1S/C25H37N3O5/c1-17(2)13-21(23(31)27-20(16-29)14-19-9-12-26-22(19)30)28-24(32)33-25(10-6-11-25)15-18-7-4-3-5-8-18/h3-5,7-8,17,19-21,29H,6,9-16H2,1-2H3,(H,26,30)(H,27,31)(H,28,32)/t19-,20-,21-/m0/s1. The molecule has 8 heteroatoms. The van der Waals surface area contributed by atoms with Gasteiger partial charge in [-0.25, -0.2) is 4.79 Å². The summed E-state index contributed by atoms with van der Waals surface area (Å²) in [6.07, 6.45) is 4.15. The molecule has 1 heterocycles. The second-order valence-electron chi connectivity index (χ2n) is 9.82. The highest BCUT2D eigenvalue weighted by molar-refractivity contribution is 5.86. The van der Waals surface area contributed by atoms with Crippen LogP contribution in [0.4, 0.5) is 4.79 Å². The fraction of sp³-hybridized carbons (Fsp3) is 0.640. The molecule has 4 N–H and O–H groups in total. The molecule has 8 nitrogen and oxygen atoms in total. The van der Waals surface area contributed by atoms with Gasteiger partial charge in [0.2, 0.25) is 11.8 Å². The zero-order valence-corrected chi connectivity index (χ0v) is 19.6. The Balaban J connectivity index is 1.58. The van der Waals surface area contributed by atoms with Crippen LogP contribution >= 0.6 is 0 Å². The molecular formula is C25H37N3O5. The van der Waals surface area contributed by atoms with Gasteiger partial charge in [-0.3, -0.25) is 9.59 Å². The summed E-state index contributed by atoms with van der Waals surface area (Å²) in [4.78, 5) is 37.6. The lowest BCUT2D eigenvalue weighted by Gasteiger charge is -2.41. The normalized spacial score (nSPS) is 21.0. The van der Waals surface area contributed by atoms with Gasteiger partial charge in [-0.2, -0.15) is 0 Å². The van der Waals surface area contributed by atoms with Crippen molar-refractivity contribution in [1.82, 2.24) is 16.0 Å². The predicted octanol–water partition coefficient (Wildman–Crippen LogP) is 2.30. The molecule has 2 fully saturated rings. The number of amides is 3. The van der Waals surface area contributed by atoms with E-state index in [2.05, 4.69) is 16.0 Å². The molecule has 1 saturated carbocycles. The van der Waals surface area contributed by atoms with Gasteiger partial charge in [-0.15, -0.1) is 0 Å². The van der Waals surface area contributed by atoms with E-state index in [1.54, 1.807) is 0 Å². The molecule has 0 unspecified atom stereocenters. The number of rotatable bonds is 11. The number of aliphatic hydroxyl groups is 1. The van der Waals surface area contributed by atoms with Crippen LogP contribution in [0.5, 0.6) is 0 Å². The number of carbonyl (C=O) groups excluding carboxylic acids is 3. The van der Waals surface area contributed by atoms with E-state index in [1.165, 1.54) is 0 Å². The highest BCUT2D eigenvalue weighted by Gasteiger charge is 2.41. The van der Waals surface area contributed by atoms with E-state index in [4.69, 9.17) is 4.74 Å². The smallest absolute Gasteiger partial charge is 0.408 e. The van der Waals surface area contributed by atoms with Crippen LogP contribution in [-0.4, -0.2) is 53.9 Å². The molecule has 3 amide bonds. The van der Waals surface area contributed by atoms with Crippen LogP contribution in [0.3, 0.4) is 0 Å². The van der Waals surface area contributed by atoms with E-state index in [9.17, 15) is 19.5 Å². The van der Waals surface area contributed by atoms with Crippen LogP contribution in [0.1, 0.15) is 57.9 Å². The van der Waals surface area contributed by atoms with E-state index in [0.717, 1.165) is 24.8 Å². The summed E-state index contributed by atoms with van der Waals surface area (Å²) in [5, 5.41) is 18.1. The third-order valence-corrected chi connectivity index (χ3v) is 6.56. The number of hydrogen-bond donors (Lipinski definition) is 4. The van der Waals surface area contributed by atoms with Gasteiger partial charge in [-0.05, 0) is 50.0 Å². The van der Waals surface area contributed by atoms with Gasteiger partial charge in [0.15, 0.2) is 0 Å². The van der Waals surface area contributed by atoms with Crippen molar-refractivity contribution in [3.05, 3.63) is 35.9 Å². The van der Waals surface area contributed by atoms with Gasteiger partial charge in [0.05, 0.1) is 12.6 Å². The minimum atomic E-state index is -0.780. The van der Waals surface area contributed by atoms with Gasteiger partial charge in [0.1, 0.15) is 11.6 Å². The topological polar surface area (TPSA) is 117 Å². The average molecular weight is 460 g/mol. The van der Waals surface area contributed by atoms with Crippen LogP contribution in [0.15, 0.2) is 30.3 Å². The number of carbonyl (C=O) groups is 3. The molecule has 0 aromatic heterocycles. The maximum Gasteiger partial charge on any atom is 0.408 e. The highest BCUT2D eigenvalue weighted by atomic mass is 16.6. The van der Waals surface area contributed by atoms with Crippen molar-refractivity contribution in [2.24, 2.45) is 11.8 Å². The molecule has 0 radical (unpaired) electrons. The number of alkyl carbamates (subject to hydrolysis) is 1. The lowest BCUT2D eigenvalue weighted by atomic mass is 9.76. The third kappa shape index (κ3) is 7.19. The minimum Gasteiger partial charge on any atom is -0.443 e. The van der Waals surface area contributed by atoms with E-state index < -0.39 is 23.8 Å². The Labute approximate surface area is 195 Å². The SMILES string of the molecule is CC(C)C[C@H](NC(=O)OC1(Cc2ccccc2)CCC1)C(=O)N[C@H](CO)C[C@@H]1CCNC1=O. The van der Waals surface area contributed by atoms with Gasteiger partial charge in [0, 0.05) is 18.9 Å². The second kappa shape index (κ2) is 11.5. The number of aliphatic hydroxyl groups excluding tert-OH is 1. The van der Waals surface area contributed by atoms with Crippen molar-refractivity contribution >= 4 is 17.9 Å². The molecule has 3 rings (SSSR count). The maximum absolute atomic E-state index is 13.0.